The van der Waals surface area contributed by atoms with E-state index in [4.69, 9.17) is 0 Å². The maximum absolute atomic E-state index is 2.80. The third kappa shape index (κ3) is 1.40. The Kier molecular flexibility index (Phi) is 2.39. The summed E-state index contributed by atoms with van der Waals surface area (Å²) in [6, 6.07) is 6.85. The molecule has 2 heteroatoms. The van der Waals surface area contributed by atoms with E-state index in [1.165, 1.54) is 51.4 Å². The highest BCUT2D eigenvalue weighted by Gasteiger charge is 2.47. The summed E-state index contributed by atoms with van der Waals surface area (Å²) in [7, 11) is 0. The van der Waals surface area contributed by atoms with Gasteiger partial charge in [-0.25, -0.2) is 0 Å². The second-order valence-electron chi connectivity index (χ2n) is 7.21. The first-order valence-corrected chi connectivity index (χ1v) is 8.58. The molecule has 0 bridgehead atoms. The summed E-state index contributed by atoms with van der Waals surface area (Å²) in [6.07, 6.45) is 16.2. The van der Waals surface area contributed by atoms with Crippen LogP contribution in [0.2, 0.25) is 0 Å². The molecule has 0 radical (unpaired) electrons. The smallest absolute Gasteiger partial charge is 0.0758 e. The first-order chi connectivity index (χ1) is 9.93. The number of fused-ring (bicyclic) bond motifs is 8. The molecule has 1 aromatic heterocycles. The molecule has 0 spiro atoms. The van der Waals surface area contributed by atoms with Gasteiger partial charge in [0.25, 0.3) is 0 Å². The first-order valence-electron chi connectivity index (χ1n) is 8.58. The van der Waals surface area contributed by atoms with Gasteiger partial charge >= 0.3 is 0 Å². The third-order valence-corrected chi connectivity index (χ3v) is 6.27. The second-order valence-corrected chi connectivity index (χ2v) is 7.21. The maximum Gasteiger partial charge on any atom is 0.0758 e. The summed E-state index contributed by atoms with van der Waals surface area (Å²) in [5, 5.41) is 0. The lowest BCUT2D eigenvalue weighted by Crippen LogP contribution is -2.47. The molecule has 2 saturated carbocycles. The van der Waals surface area contributed by atoms with Crippen molar-refractivity contribution in [2.75, 3.05) is 0 Å². The highest BCUT2D eigenvalue weighted by atomic mass is 15.3. The zero-order valence-electron chi connectivity index (χ0n) is 12.2. The van der Waals surface area contributed by atoms with Crippen LogP contribution in [0.15, 0.2) is 30.1 Å². The quantitative estimate of drug-likeness (QED) is 0.676. The molecule has 1 aromatic rings. The number of aromatic nitrogens is 1. The predicted molar refractivity (Wildman–Crippen MR) is 80.3 cm³/mol. The van der Waals surface area contributed by atoms with Crippen molar-refractivity contribution in [1.82, 2.24) is 9.47 Å². The number of nitrogens with zero attached hydrogens (tertiary/aromatic N) is 2. The fraction of sp³-hybridized carbons (Fsp3) is 0.667. The fourth-order valence-corrected chi connectivity index (χ4v) is 5.45. The van der Waals surface area contributed by atoms with Crippen LogP contribution in [-0.2, 0) is 0 Å². The van der Waals surface area contributed by atoms with Crippen LogP contribution >= 0.6 is 0 Å². The van der Waals surface area contributed by atoms with Crippen molar-refractivity contribution in [1.29, 1.82) is 0 Å². The molecule has 4 unspecified atom stereocenters. The largest absolute Gasteiger partial charge is 0.363 e. The van der Waals surface area contributed by atoms with Crippen molar-refractivity contribution >= 4 is 0 Å². The Balaban J connectivity index is 1.64. The molecule has 3 heterocycles. The van der Waals surface area contributed by atoms with Crippen LogP contribution < -0.4 is 0 Å². The molecule has 0 saturated heterocycles. The van der Waals surface area contributed by atoms with E-state index in [0.717, 1.165) is 18.0 Å². The van der Waals surface area contributed by atoms with Gasteiger partial charge in [-0.2, -0.15) is 0 Å². The Morgan fingerprint density at radius 3 is 2.75 bits per heavy atom. The highest BCUT2D eigenvalue weighted by molar-refractivity contribution is 5.30. The lowest BCUT2D eigenvalue weighted by molar-refractivity contribution is 0.0687. The van der Waals surface area contributed by atoms with E-state index in [2.05, 4.69) is 34.0 Å². The van der Waals surface area contributed by atoms with Gasteiger partial charge < -0.3 is 9.47 Å². The summed E-state index contributed by atoms with van der Waals surface area (Å²) in [5.74, 6) is 0.820. The van der Waals surface area contributed by atoms with Crippen LogP contribution in [0.25, 0.3) is 0 Å². The topological polar surface area (TPSA) is 8.17 Å². The average Bonchev–Trinajstić information content (AvgIpc) is 3.11. The fourth-order valence-electron chi connectivity index (χ4n) is 5.45. The predicted octanol–water partition coefficient (Wildman–Crippen LogP) is 4.42. The van der Waals surface area contributed by atoms with Crippen LogP contribution in [0.1, 0.15) is 69.1 Å². The lowest BCUT2D eigenvalue weighted by atomic mass is 9.79. The summed E-state index contributed by atoms with van der Waals surface area (Å²) in [4.78, 5) is 2.80. The summed E-state index contributed by atoms with van der Waals surface area (Å²) < 4.78 is 2.65. The molecule has 2 aliphatic heterocycles. The van der Waals surface area contributed by atoms with Crippen LogP contribution in [0.5, 0.6) is 0 Å². The second kappa shape index (κ2) is 4.16. The van der Waals surface area contributed by atoms with Crippen molar-refractivity contribution in [3.05, 3.63) is 35.8 Å². The van der Waals surface area contributed by atoms with Crippen LogP contribution in [0, 0.1) is 5.92 Å². The van der Waals surface area contributed by atoms with Crippen molar-refractivity contribution in [3.8, 4) is 0 Å². The zero-order chi connectivity index (χ0) is 13.1. The molecule has 2 aliphatic carbocycles. The van der Waals surface area contributed by atoms with Gasteiger partial charge in [0.15, 0.2) is 0 Å². The van der Waals surface area contributed by atoms with Gasteiger partial charge in [0, 0.05) is 23.9 Å². The molecule has 2 fully saturated rings. The van der Waals surface area contributed by atoms with E-state index in [1.807, 2.05) is 0 Å². The van der Waals surface area contributed by atoms with E-state index >= 15 is 0 Å². The Morgan fingerprint density at radius 2 is 1.80 bits per heavy atom. The maximum atomic E-state index is 2.80. The standard InChI is InChI=1S/C18H24N2/c1-2-7-14-13(6-1)12-20-16-9-4-3-8-15(16)19-11-5-10-17(19)18(14)20/h5,10-12,14-16,18H,1-4,6-9H2. The average molecular weight is 268 g/mol. The van der Waals surface area contributed by atoms with E-state index in [-0.39, 0.29) is 0 Å². The summed E-state index contributed by atoms with van der Waals surface area (Å²) in [6.45, 7) is 0. The van der Waals surface area contributed by atoms with Crippen LogP contribution in [0.4, 0.5) is 0 Å². The lowest BCUT2D eigenvalue weighted by Gasteiger charge is -2.49. The van der Waals surface area contributed by atoms with Gasteiger partial charge in [-0.15, -0.1) is 0 Å². The van der Waals surface area contributed by atoms with E-state index in [0.29, 0.717) is 6.04 Å². The summed E-state index contributed by atoms with van der Waals surface area (Å²) >= 11 is 0. The number of hydrogen-bond donors (Lipinski definition) is 0. The van der Waals surface area contributed by atoms with Crippen molar-refractivity contribution in [2.45, 2.75) is 69.5 Å². The third-order valence-electron chi connectivity index (χ3n) is 6.27. The molecule has 5 rings (SSSR count). The Bertz CT molecular complexity index is 556. The van der Waals surface area contributed by atoms with Gasteiger partial charge in [-0.05, 0) is 56.0 Å². The minimum atomic E-state index is 0.666. The zero-order valence-corrected chi connectivity index (χ0v) is 12.2. The molecule has 4 aliphatic rings. The molecule has 2 nitrogen and oxygen atoms in total. The van der Waals surface area contributed by atoms with Crippen molar-refractivity contribution in [2.24, 2.45) is 5.92 Å². The Morgan fingerprint density at radius 1 is 0.950 bits per heavy atom. The van der Waals surface area contributed by atoms with E-state index in [1.54, 1.807) is 11.3 Å². The molecule has 20 heavy (non-hydrogen) atoms. The number of rotatable bonds is 0. The van der Waals surface area contributed by atoms with Gasteiger partial charge in [0.1, 0.15) is 0 Å². The minimum Gasteiger partial charge on any atom is -0.363 e. The van der Waals surface area contributed by atoms with E-state index in [9.17, 15) is 0 Å². The molecular weight excluding hydrogens is 244 g/mol. The summed E-state index contributed by atoms with van der Waals surface area (Å²) in [5.41, 5.74) is 3.37. The molecular formula is C18H24N2. The van der Waals surface area contributed by atoms with Crippen molar-refractivity contribution in [3.63, 3.8) is 0 Å². The van der Waals surface area contributed by atoms with Gasteiger partial charge in [-0.1, -0.05) is 19.3 Å². The van der Waals surface area contributed by atoms with Crippen LogP contribution in [-0.4, -0.2) is 15.5 Å². The van der Waals surface area contributed by atoms with Crippen LogP contribution in [0.3, 0.4) is 0 Å². The molecule has 0 aromatic carbocycles. The molecule has 106 valence electrons. The molecule has 0 N–H and O–H groups in total. The molecule has 0 amide bonds. The number of hydrogen-bond acceptors (Lipinski definition) is 1. The Labute approximate surface area is 121 Å². The first kappa shape index (κ1) is 11.5. The molecule has 4 atom stereocenters. The van der Waals surface area contributed by atoms with Gasteiger partial charge in [0.05, 0.1) is 12.1 Å². The SMILES string of the molecule is C1=C2CCCCC2C2c3cccn3C3CCCCC3N12. The van der Waals surface area contributed by atoms with Crippen molar-refractivity contribution < 1.29 is 0 Å². The Hall–Kier alpha value is -1.18. The normalized spacial score (nSPS) is 38.6. The monoisotopic (exact) mass is 268 g/mol. The van der Waals surface area contributed by atoms with Gasteiger partial charge in [-0.3, -0.25) is 0 Å². The minimum absolute atomic E-state index is 0.666. The van der Waals surface area contributed by atoms with E-state index < -0.39 is 0 Å². The van der Waals surface area contributed by atoms with Gasteiger partial charge in [0.2, 0.25) is 0 Å². The highest BCUT2D eigenvalue weighted by Crippen LogP contribution is 2.53.